The lowest BCUT2D eigenvalue weighted by Gasteiger charge is -2.31. The molecule has 3 rings (SSSR count). The third-order valence-corrected chi connectivity index (χ3v) is 6.01. The number of carbonyl (C=O) groups is 1. The molecule has 1 amide bonds. The third-order valence-electron chi connectivity index (χ3n) is 5.10. The number of likely N-dealkylation sites (tertiary alicyclic amines) is 1. The van der Waals surface area contributed by atoms with Gasteiger partial charge < -0.3 is 4.90 Å². The SMILES string of the molecule is O=C(CC1CC2CCC1C2)N1CCC(Br)CC1. The second-order valence-corrected chi connectivity index (χ2v) is 7.49. The van der Waals surface area contributed by atoms with E-state index in [0.717, 1.165) is 50.1 Å². The molecule has 0 aromatic rings. The first-order chi connectivity index (χ1) is 8.22. The molecule has 0 N–H and O–H groups in total. The van der Waals surface area contributed by atoms with Gasteiger partial charge >= 0.3 is 0 Å². The third kappa shape index (κ3) is 2.54. The number of halogens is 1. The van der Waals surface area contributed by atoms with Crippen LogP contribution in [-0.2, 0) is 4.79 Å². The maximum Gasteiger partial charge on any atom is 0.222 e. The van der Waals surface area contributed by atoms with Gasteiger partial charge in [0.1, 0.15) is 0 Å². The molecule has 1 saturated heterocycles. The van der Waals surface area contributed by atoms with E-state index in [4.69, 9.17) is 0 Å². The van der Waals surface area contributed by atoms with Crippen LogP contribution in [-0.4, -0.2) is 28.7 Å². The van der Waals surface area contributed by atoms with Gasteiger partial charge in [0.25, 0.3) is 0 Å². The summed E-state index contributed by atoms with van der Waals surface area (Å²) < 4.78 is 0. The maximum atomic E-state index is 12.2. The minimum Gasteiger partial charge on any atom is -0.343 e. The van der Waals surface area contributed by atoms with E-state index in [2.05, 4.69) is 20.8 Å². The highest BCUT2D eigenvalue weighted by molar-refractivity contribution is 9.09. The molecule has 3 aliphatic rings. The van der Waals surface area contributed by atoms with E-state index in [1.165, 1.54) is 25.7 Å². The molecule has 96 valence electrons. The molecular weight excluding hydrogens is 278 g/mol. The first-order valence-corrected chi connectivity index (χ1v) is 8.06. The van der Waals surface area contributed by atoms with E-state index < -0.39 is 0 Å². The molecule has 3 unspecified atom stereocenters. The molecule has 1 aliphatic heterocycles. The summed E-state index contributed by atoms with van der Waals surface area (Å²) in [5.74, 6) is 3.01. The van der Waals surface area contributed by atoms with Crippen molar-refractivity contribution in [2.45, 2.75) is 49.8 Å². The summed E-state index contributed by atoms with van der Waals surface area (Å²) in [6, 6.07) is 0. The van der Waals surface area contributed by atoms with Crippen LogP contribution in [0.3, 0.4) is 0 Å². The van der Waals surface area contributed by atoms with Crippen molar-refractivity contribution in [1.29, 1.82) is 0 Å². The van der Waals surface area contributed by atoms with Gasteiger partial charge in [-0.1, -0.05) is 22.4 Å². The number of carbonyl (C=O) groups excluding carboxylic acids is 1. The van der Waals surface area contributed by atoms with Gasteiger partial charge in [-0.05, 0) is 49.9 Å². The zero-order valence-corrected chi connectivity index (χ0v) is 12.0. The molecule has 3 atom stereocenters. The van der Waals surface area contributed by atoms with E-state index in [-0.39, 0.29) is 0 Å². The Labute approximate surface area is 112 Å². The Kier molecular flexibility index (Phi) is 3.47. The fraction of sp³-hybridized carbons (Fsp3) is 0.929. The Morgan fingerprint density at radius 2 is 1.88 bits per heavy atom. The van der Waals surface area contributed by atoms with Gasteiger partial charge in [0.05, 0.1) is 0 Å². The molecule has 17 heavy (non-hydrogen) atoms. The zero-order valence-electron chi connectivity index (χ0n) is 10.4. The second-order valence-electron chi connectivity index (χ2n) is 6.19. The number of hydrogen-bond donors (Lipinski definition) is 0. The number of alkyl halides is 1. The average molecular weight is 300 g/mol. The van der Waals surface area contributed by atoms with E-state index in [9.17, 15) is 4.79 Å². The van der Waals surface area contributed by atoms with Gasteiger partial charge in [-0.15, -0.1) is 0 Å². The molecule has 0 radical (unpaired) electrons. The van der Waals surface area contributed by atoms with Gasteiger partial charge in [-0.2, -0.15) is 0 Å². The number of nitrogens with zero attached hydrogens (tertiary/aromatic N) is 1. The van der Waals surface area contributed by atoms with Crippen LogP contribution in [0.15, 0.2) is 0 Å². The molecule has 3 fully saturated rings. The summed E-state index contributed by atoms with van der Waals surface area (Å²) in [5, 5.41) is 0. The largest absolute Gasteiger partial charge is 0.343 e. The first-order valence-electron chi connectivity index (χ1n) is 7.14. The first kappa shape index (κ1) is 12.0. The molecule has 2 bridgehead atoms. The van der Waals surface area contributed by atoms with Crippen LogP contribution in [0.1, 0.15) is 44.9 Å². The molecule has 0 aromatic heterocycles. The van der Waals surface area contributed by atoms with Gasteiger partial charge in [0, 0.05) is 24.3 Å². The lowest BCUT2D eigenvalue weighted by atomic mass is 9.86. The Bertz CT molecular complexity index is 299. The van der Waals surface area contributed by atoms with Gasteiger partial charge in [0.2, 0.25) is 5.91 Å². The zero-order chi connectivity index (χ0) is 11.8. The van der Waals surface area contributed by atoms with Crippen LogP contribution in [0.5, 0.6) is 0 Å². The number of fused-ring (bicyclic) bond motifs is 2. The van der Waals surface area contributed by atoms with Crippen molar-refractivity contribution < 1.29 is 4.79 Å². The summed E-state index contributed by atoms with van der Waals surface area (Å²) in [5.41, 5.74) is 0. The Balaban J connectivity index is 1.50. The highest BCUT2D eigenvalue weighted by Gasteiger charge is 2.40. The van der Waals surface area contributed by atoms with Crippen molar-refractivity contribution in [3.63, 3.8) is 0 Å². The van der Waals surface area contributed by atoms with Gasteiger partial charge in [-0.25, -0.2) is 0 Å². The molecule has 2 nitrogen and oxygen atoms in total. The van der Waals surface area contributed by atoms with E-state index >= 15 is 0 Å². The van der Waals surface area contributed by atoms with Crippen molar-refractivity contribution in [3.8, 4) is 0 Å². The quantitative estimate of drug-likeness (QED) is 0.717. The van der Waals surface area contributed by atoms with E-state index in [1.807, 2.05) is 0 Å². The van der Waals surface area contributed by atoms with Crippen molar-refractivity contribution in [3.05, 3.63) is 0 Å². The van der Waals surface area contributed by atoms with E-state index in [1.54, 1.807) is 0 Å². The Hall–Kier alpha value is -0.0500. The summed E-state index contributed by atoms with van der Waals surface area (Å²) in [6.07, 6.45) is 8.68. The maximum absolute atomic E-state index is 12.2. The van der Waals surface area contributed by atoms with Crippen LogP contribution in [0.4, 0.5) is 0 Å². The topological polar surface area (TPSA) is 20.3 Å². The number of amides is 1. The normalized spacial score (nSPS) is 37.7. The van der Waals surface area contributed by atoms with Crippen LogP contribution in [0, 0.1) is 17.8 Å². The van der Waals surface area contributed by atoms with Gasteiger partial charge in [-0.3, -0.25) is 4.79 Å². The van der Waals surface area contributed by atoms with Crippen LogP contribution in [0.25, 0.3) is 0 Å². The predicted molar refractivity (Wildman–Crippen MR) is 72.1 cm³/mol. The van der Waals surface area contributed by atoms with Gasteiger partial charge in [0.15, 0.2) is 0 Å². The highest BCUT2D eigenvalue weighted by Crippen LogP contribution is 2.49. The molecule has 1 heterocycles. The Morgan fingerprint density at radius 3 is 2.47 bits per heavy atom. The molecule has 3 heteroatoms. The van der Waals surface area contributed by atoms with E-state index in [0.29, 0.717) is 10.7 Å². The van der Waals surface area contributed by atoms with Crippen LogP contribution >= 0.6 is 15.9 Å². The number of hydrogen-bond acceptors (Lipinski definition) is 1. The average Bonchev–Trinajstić information content (AvgIpc) is 2.91. The summed E-state index contributed by atoms with van der Waals surface area (Å²) in [4.78, 5) is 15.0. The van der Waals surface area contributed by atoms with Crippen molar-refractivity contribution in [2.75, 3.05) is 13.1 Å². The van der Waals surface area contributed by atoms with Crippen LogP contribution < -0.4 is 0 Å². The predicted octanol–water partition coefficient (Wildman–Crippen LogP) is 3.20. The summed E-state index contributed by atoms with van der Waals surface area (Å²) in [6.45, 7) is 1.94. The monoisotopic (exact) mass is 299 g/mol. The highest BCUT2D eigenvalue weighted by atomic mass is 79.9. The smallest absolute Gasteiger partial charge is 0.222 e. The lowest BCUT2D eigenvalue weighted by Crippen LogP contribution is -2.39. The van der Waals surface area contributed by atoms with Crippen molar-refractivity contribution in [2.24, 2.45) is 17.8 Å². The second kappa shape index (κ2) is 4.91. The number of rotatable bonds is 2. The minimum atomic E-state index is 0.432. The van der Waals surface area contributed by atoms with Crippen molar-refractivity contribution >= 4 is 21.8 Å². The molecular formula is C14H22BrNO. The standard InChI is InChI=1S/C14H22BrNO/c15-13-3-5-16(6-4-13)14(17)9-12-8-10-1-2-11(12)7-10/h10-13H,1-9H2. The Morgan fingerprint density at radius 1 is 1.12 bits per heavy atom. The summed E-state index contributed by atoms with van der Waals surface area (Å²) in [7, 11) is 0. The molecule has 0 spiro atoms. The molecule has 0 aromatic carbocycles. The van der Waals surface area contributed by atoms with Crippen LogP contribution in [0.2, 0.25) is 0 Å². The number of piperidine rings is 1. The molecule has 2 aliphatic carbocycles. The fourth-order valence-electron chi connectivity index (χ4n) is 4.08. The van der Waals surface area contributed by atoms with Crippen molar-refractivity contribution in [1.82, 2.24) is 4.90 Å². The fourth-order valence-corrected chi connectivity index (χ4v) is 4.49. The lowest BCUT2D eigenvalue weighted by molar-refractivity contribution is -0.133. The minimum absolute atomic E-state index is 0.432. The molecule has 2 saturated carbocycles. The summed E-state index contributed by atoms with van der Waals surface area (Å²) >= 11 is 3.64.